The first-order valence-corrected chi connectivity index (χ1v) is 6.33. The molecule has 0 aromatic heterocycles. The molecule has 0 aliphatic carbocycles. The Labute approximate surface area is 112 Å². The quantitative estimate of drug-likeness (QED) is 0.554. The Balaban J connectivity index is 2.26. The molecule has 1 aromatic carbocycles. The number of nitrogens with one attached hydrogen (secondary N) is 2. The summed E-state index contributed by atoms with van der Waals surface area (Å²) in [5, 5.41) is 5.72. The standard InChI is InChI=1S/C14H19FN2O2/c1-16-9-2-10-17-14(19)8-7-13(18)11-3-5-12(15)6-4-11/h3-6,16H,2,7-10H2,1H3,(H,17,19). The van der Waals surface area contributed by atoms with Gasteiger partial charge in [-0.05, 0) is 44.3 Å². The zero-order valence-electron chi connectivity index (χ0n) is 11.0. The topological polar surface area (TPSA) is 58.2 Å². The number of carbonyl (C=O) groups is 2. The van der Waals surface area contributed by atoms with Crippen LogP contribution in [0, 0.1) is 5.82 Å². The highest BCUT2D eigenvalue weighted by molar-refractivity contribution is 5.97. The Bertz CT molecular complexity index is 418. The number of amides is 1. The number of rotatable bonds is 8. The highest BCUT2D eigenvalue weighted by atomic mass is 19.1. The summed E-state index contributed by atoms with van der Waals surface area (Å²) in [6, 6.07) is 5.35. The second-order valence-corrected chi connectivity index (χ2v) is 4.24. The highest BCUT2D eigenvalue weighted by Crippen LogP contribution is 2.07. The number of Topliss-reactive ketones (excluding diaryl/α,β-unsaturated/α-hetero) is 1. The van der Waals surface area contributed by atoms with Crippen molar-refractivity contribution in [2.75, 3.05) is 20.1 Å². The van der Waals surface area contributed by atoms with Crippen molar-refractivity contribution < 1.29 is 14.0 Å². The van der Waals surface area contributed by atoms with Gasteiger partial charge in [0.1, 0.15) is 5.82 Å². The fourth-order valence-electron chi connectivity index (χ4n) is 1.59. The third kappa shape index (κ3) is 6.10. The fourth-order valence-corrected chi connectivity index (χ4v) is 1.59. The summed E-state index contributed by atoms with van der Waals surface area (Å²) < 4.78 is 12.7. The molecule has 0 unspecified atom stereocenters. The minimum absolute atomic E-state index is 0.133. The molecule has 0 radical (unpaired) electrons. The van der Waals surface area contributed by atoms with E-state index in [0.717, 1.165) is 13.0 Å². The van der Waals surface area contributed by atoms with E-state index in [0.29, 0.717) is 12.1 Å². The van der Waals surface area contributed by atoms with Gasteiger partial charge in [0, 0.05) is 24.9 Å². The van der Waals surface area contributed by atoms with E-state index in [9.17, 15) is 14.0 Å². The van der Waals surface area contributed by atoms with E-state index in [1.54, 1.807) is 0 Å². The van der Waals surface area contributed by atoms with Gasteiger partial charge in [-0.2, -0.15) is 0 Å². The minimum Gasteiger partial charge on any atom is -0.356 e. The molecule has 0 aliphatic rings. The molecule has 1 amide bonds. The van der Waals surface area contributed by atoms with Crippen molar-refractivity contribution in [2.24, 2.45) is 0 Å². The number of benzene rings is 1. The maximum atomic E-state index is 12.7. The summed E-state index contributed by atoms with van der Waals surface area (Å²) in [4.78, 5) is 23.2. The van der Waals surface area contributed by atoms with Crippen molar-refractivity contribution in [2.45, 2.75) is 19.3 Å². The number of carbonyl (C=O) groups excluding carboxylic acids is 2. The number of hydrogen-bond donors (Lipinski definition) is 2. The summed E-state index contributed by atoms with van der Waals surface area (Å²) in [5.41, 5.74) is 0.435. The molecular weight excluding hydrogens is 247 g/mol. The first-order valence-electron chi connectivity index (χ1n) is 6.33. The monoisotopic (exact) mass is 266 g/mol. The summed E-state index contributed by atoms with van der Waals surface area (Å²) in [7, 11) is 1.85. The van der Waals surface area contributed by atoms with Crippen molar-refractivity contribution in [3.63, 3.8) is 0 Å². The zero-order chi connectivity index (χ0) is 14.1. The molecule has 0 aliphatic heterocycles. The van der Waals surface area contributed by atoms with Gasteiger partial charge in [-0.1, -0.05) is 0 Å². The van der Waals surface area contributed by atoms with Gasteiger partial charge < -0.3 is 10.6 Å². The molecule has 5 heteroatoms. The van der Waals surface area contributed by atoms with Gasteiger partial charge >= 0.3 is 0 Å². The Kier molecular flexibility index (Phi) is 6.74. The molecule has 2 N–H and O–H groups in total. The lowest BCUT2D eigenvalue weighted by Crippen LogP contribution is -2.26. The third-order valence-corrected chi connectivity index (χ3v) is 2.67. The average molecular weight is 266 g/mol. The number of ketones is 1. The maximum Gasteiger partial charge on any atom is 0.220 e. The van der Waals surface area contributed by atoms with Gasteiger partial charge in [-0.3, -0.25) is 9.59 Å². The van der Waals surface area contributed by atoms with Gasteiger partial charge in [-0.25, -0.2) is 4.39 Å². The van der Waals surface area contributed by atoms with Crippen LogP contribution >= 0.6 is 0 Å². The van der Waals surface area contributed by atoms with E-state index >= 15 is 0 Å². The van der Waals surface area contributed by atoms with Gasteiger partial charge in [0.2, 0.25) is 5.91 Å². The Morgan fingerprint density at radius 3 is 2.42 bits per heavy atom. The second-order valence-electron chi connectivity index (χ2n) is 4.24. The van der Waals surface area contributed by atoms with Crippen LogP contribution < -0.4 is 10.6 Å². The molecule has 1 rings (SSSR count). The SMILES string of the molecule is CNCCCNC(=O)CCC(=O)c1ccc(F)cc1. The maximum absolute atomic E-state index is 12.7. The fraction of sp³-hybridized carbons (Fsp3) is 0.429. The summed E-state index contributed by atoms with van der Waals surface area (Å²) >= 11 is 0. The zero-order valence-corrected chi connectivity index (χ0v) is 11.0. The minimum atomic E-state index is -0.376. The van der Waals surface area contributed by atoms with Crippen LogP contribution in [0.2, 0.25) is 0 Å². The lowest BCUT2D eigenvalue weighted by atomic mass is 10.1. The first kappa shape index (κ1) is 15.3. The number of halogens is 1. The molecule has 0 saturated heterocycles. The van der Waals surface area contributed by atoms with Crippen molar-refractivity contribution >= 4 is 11.7 Å². The molecule has 19 heavy (non-hydrogen) atoms. The lowest BCUT2D eigenvalue weighted by Gasteiger charge is -2.04. The van der Waals surface area contributed by atoms with Crippen LogP contribution in [-0.4, -0.2) is 31.8 Å². The van der Waals surface area contributed by atoms with E-state index in [1.165, 1.54) is 24.3 Å². The Hall–Kier alpha value is -1.75. The molecule has 1 aromatic rings. The molecule has 0 saturated carbocycles. The first-order chi connectivity index (χ1) is 9.13. The van der Waals surface area contributed by atoms with Crippen LogP contribution in [-0.2, 0) is 4.79 Å². The van der Waals surface area contributed by atoms with Crippen molar-refractivity contribution in [1.82, 2.24) is 10.6 Å². The van der Waals surface area contributed by atoms with Crippen LogP contribution in [0.4, 0.5) is 4.39 Å². The average Bonchev–Trinajstić information content (AvgIpc) is 2.42. The van der Waals surface area contributed by atoms with Crippen molar-refractivity contribution in [3.8, 4) is 0 Å². The van der Waals surface area contributed by atoms with Crippen LogP contribution in [0.5, 0.6) is 0 Å². The van der Waals surface area contributed by atoms with Gasteiger partial charge in [0.05, 0.1) is 0 Å². The molecule has 0 heterocycles. The molecular formula is C14H19FN2O2. The second kappa shape index (κ2) is 8.37. The van der Waals surface area contributed by atoms with E-state index in [-0.39, 0.29) is 30.3 Å². The van der Waals surface area contributed by atoms with Crippen LogP contribution in [0.3, 0.4) is 0 Å². The predicted octanol–water partition coefficient (Wildman–Crippen LogP) is 1.51. The van der Waals surface area contributed by atoms with Gasteiger partial charge in [0.15, 0.2) is 5.78 Å². The molecule has 0 bridgehead atoms. The highest BCUT2D eigenvalue weighted by Gasteiger charge is 2.09. The Morgan fingerprint density at radius 1 is 1.11 bits per heavy atom. The van der Waals surface area contributed by atoms with Crippen LogP contribution in [0.1, 0.15) is 29.6 Å². The van der Waals surface area contributed by atoms with Crippen LogP contribution in [0.25, 0.3) is 0 Å². The van der Waals surface area contributed by atoms with E-state index in [4.69, 9.17) is 0 Å². The van der Waals surface area contributed by atoms with E-state index in [2.05, 4.69) is 10.6 Å². The molecule has 0 atom stereocenters. The van der Waals surface area contributed by atoms with E-state index < -0.39 is 0 Å². The molecule has 4 nitrogen and oxygen atoms in total. The van der Waals surface area contributed by atoms with Crippen LogP contribution in [0.15, 0.2) is 24.3 Å². The predicted molar refractivity (Wildman–Crippen MR) is 71.5 cm³/mol. The van der Waals surface area contributed by atoms with Crippen molar-refractivity contribution in [1.29, 1.82) is 0 Å². The smallest absolute Gasteiger partial charge is 0.220 e. The van der Waals surface area contributed by atoms with Gasteiger partial charge in [0.25, 0.3) is 0 Å². The molecule has 0 fully saturated rings. The normalized spacial score (nSPS) is 10.2. The third-order valence-electron chi connectivity index (χ3n) is 2.67. The lowest BCUT2D eigenvalue weighted by molar-refractivity contribution is -0.121. The van der Waals surface area contributed by atoms with Gasteiger partial charge in [-0.15, -0.1) is 0 Å². The van der Waals surface area contributed by atoms with Crippen molar-refractivity contribution in [3.05, 3.63) is 35.6 Å². The summed E-state index contributed by atoms with van der Waals surface area (Å²) in [6.07, 6.45) is 1.16. The number of hydrogen-bond acceptors (Lipinski definition) is 3. The molecule has 0 spiro atoms. The summed E-state index contributed by atoms with van der Waals surface area (Å²) in [6.45, 7) is 1.44. The summed E-state index contributed by atoms with van der Waals surface area (Å²) in [5.74, 6) is -0.657. The van der Waals surface area contributed by atoms with E-state index in [1.807, 2.05) is 7.05 Å². The largest absolute Gasteiger partial charge is 0.356 e. The Morgan fingerprint density at radius 2 is 1.79 bits per heavy atom. The molecule has 104 valence electrons.